The summed E-state index contributed by atoms with van der Waals surface area (Å²) in [6.07, 6.45) is -0.316. The lowest BCUT2D eigenvalue weighted by Gasteiger charge is -2.27. The summed E-state index contributed by atoms with van der Waals surface area (Å²) < 4.78 is 40.4. The van der Waals surface area contributed by atoms with Crippen molar-refractivity contribution in [3.05, 3.63) is 41.7 Å². The summed E-state index contributed by atoms with van der Waals surface area (Å²) in [5.74, 6) is -2.04. The van der Waals surface area contributed by atoms with Gasteiger partial charge in [0.05, 0.1) is 5.56 Å². The summed E-state index contributed by atoms with van der Waals surface area (Å²) in [5.41, 5.74) is -0.210. The zero-order valence-electron chi connectivity index (χ0n) is 17.6. The second kappa shape index (κ2) is 8.81. The second-order valence-electron chi connectivity index (χ2n) is 7.39. The van der Waals surface area contributed by atoms with Crippen LogP contribution < -0.4 is 0 Å². The number of nitrogens with zero attached hydrogens (tertiary/aromatic N) is 6. The summed E-state index contributed by atoms with van der Waals surface area (Å²) in [6.45, 7) is 2.04. The minimum absolute atomic E-state index is 0.0610. The van der Waals surface area contributed by atoms with Crippen LogP contribution in [0.5, 0.6) is 0 Å². The molecule has 0 saturated carbocycles. The molecular weight excluding hydrogens is 429 g/mol. The molecule has 0 unspecified atom stereocenters. The number of hydrazine groups is 1. The van der Waals surface area contributed by atoms with Gasteiger partial charge < -0.3 is 4.90 Å². The van der Waals surface area contributed by atoms with Gasteiger partial charge in [0, 0.05) is 45.0 Å². The Hall–Kier alpha value is -3.70. The Morgan fingerprint density at radius 1 is 1.09 bits per heavy atom. The van der Waals surface area contributed by atoms with Crippen molar-refractivity contribution in [3.8, 4) is 11.4 Å². The van der Waals surface area contributed by atoms with Crippen LogP contribution >= 0.6 is 0 Å². The van der Waals surface area contributed by atoms with Crippen molar-refractivity contribution in [2.24, 2.45) is 0 Å². The van der Waals surface area contributed by atoms with Crippen LogP contribution in [-0.4, -0.2) is 74.6 Å². The molecule has 3 rings (SSSR count). The number of amides is 3. The number of carbonyl (C=O) groups excluding carboxylic acids is 3. The van der Waals surface area contributed by atoms with E-state index in [4.69, 9.17) is 0 Å². The molecule has 0 aliphatic carbocycles. The van der Waals surface area contributed by atoms with E-state index in [1.807, 2.05) is 0 Å². The van der Waals surface area contributed by atoms with Gasteiger partial charge in [-0.1, -0.05) is 0 Å². The molecule has 2 heterocycles. The molecule has 1 aromatic carbocycles. The SMILES string of the molecule is Cc1cc(-c2ncn(/C=C\C(=O)N3CCCN3C(=O)C(=O)N(C)C)n2)cc(C(F)(F)F)c1. The quantitative estimate of drug-likeness (QED) is 0.526. The van der Waals surface area contributed by atoms with E-state index in [2.05, 4.69) is 10.1 Å². The second-order valence-corrected chi connectivity index (χ2v) is 7.39. The van der Waals surface area contributed by atoms with Gasteiger partial charge in [0.15, 0.2) is 5.82 Å². The molecule has 12 heteroatoms. The van der Waals surface area contributed by atoms with Crippen LogP contribution in [0.4, 0.5) is 13.2 Å². The lowest BCUT2D eigenvalue weighted by Crippen LogP contribution is -2.49. The van der Waals surface area contributed by atoms with Crippen LogP contribution in [0.25, 0.3) is 17.6 Å². The highest BCUT2D eigenvalue weighted by Crippen LogP contribution is 2.32. The molecule has 32 heavy (non-hydrogen) atoms. The van der Waals surface area contributed by atoms with Crippen molar-refractivity contribution in [2.75, 3.05) is 27.2 Å². The standard InChI is InChI=1S/C20H21F3N6O3/c1-13-9-14(11-15(10-13)20(21,22)23)17-24-12-27(25-17)8-5-16(30)28-6-4-7-29(28)19(32)18(31)26(2)3/h5,8-12H,4,6-7H2,1-3H3/b8-5-. The monoisotopic (exact) mass is 450 g/mol. The minimum Gasteiger partial charge on any atom is -0.341 e. The summed E-state index contributed by atoms with van der Waals surface area (Å²) in [5, 5.41) is 6.34. The van der Waals surface area contributed by atoms with Crippen LogP contribution in [0.15, 0.2) is 30.6 Å². The summed E-state index contributed by atoms with van der Waals surface area (Å²) >= 11 is 0. The molecule has 0 bridgehead atoms. The highest BCUT2D eigenvalue weighted by Gasteiger charge is 2.34. The van der Waals surface area contributed by atoms with Crippen LogP contribution in [0.3, 0.4) is 0 Å². The molecule has 2 aromatic rings. The Morgan fingerprint density at radius 2 is 1.78 bits per heavy atom. The molecule has 1 saturated heterocycles. The van der Waals surface area contributed by atoms with E-state index in [0.717, 1.165) is 33.1 Å². The van der Waals surface area contributed by atoms with E-state index in [1.165, 1.54) is 37.4 Å². The zero-order valence-corrected chi connectivity index (χ0v) is 17.6. The molecule has 0 radical (unpaired) electrons. The molecule has 1 aromatic heterocycles. The topological polar surface area (TPSA) is 91.6 Å². The smallest absolute Gasteiger partial charge is 0.341 e. The number of hydrogen-bond donors (Lipinski definition) is 0. The third kappa shape index (κ3) is 4.95. The maximum Gasteiger partial charge on any atom is 0.416 e. The molecule has 1 aliphatic rings. The number of alkyl halides is 3. The number of halogens is 3. The summed E-state index contributed by atoms with van der Waals surface area (Å²) in [4.78, 5) is 41.9. The van der Waals surface area contributed by atoms with Crippen molar-refractivity contribution in [1.29, 1.82) is 0 Å². The summed E-state index contributed by atoms with van der Waals surface area (Å²) in [7, 11) is 2.88. The number of carbonyl (C=O) groups is 3. The fourth-order valence-electron chi connectivity index (χ4n) is 3.13. The van der Waals surface area contributed by atoms with Crippen molar-refractivity contribution in [3.63, 3.8) is 0 Å². The van der Waals surface area contributed by atoms with Crippen molar-refractivity contribution in [2.45, 2.75) is 19.5 Å². The third-order valence-corrected chi connectivity index (χ3v) is 4.65. The fourth-order valence-corrected chi connectivity index (χ4v) is 3.13. The lowest BCUT2D eigenvalue weighted by molar-refractivity contribution is -0.162. The van der Waals surface area contributed by atoms with E-state index in [-0.39, 0.29) is 24.5 Å². The number of hydrogen-bond acceptors (Lipinski definition) is 5. The highest BCUT2D eigenvalue weighted by atomic mass is 19.4. The van der Waals surface area contributed by atoms with E-state index in [0.29, 0.717) is 12.0 Å². The number of benzene rings is 1. The normalized spacial score (nSPS) is 14.3. The van der Waals surface area contributed by atoms with Gasteiger partial charge >= 0.3 is 18.0 Å². The van der Waals surface area contributed by atoms with Gasteiger partial charge in [-0.2, -0.15) is 13.2 Å². The maximum absolute atomic E-state index is 13.1. The molecular formula is C20H21F3N6O3. The molecule has 1 aliphatic heterocycles. The van der Waals surface area contributed by atoms with E-state index >= 15 is 0 Å². The molecule has 1 fully saturated rings. The first kappa shape index (κ1) is 23.0. The van der Waals surface area contributed by atoms with Crippen molar-refractivity contribution < 1.29 is 27.6 Å². The summed E-state index contributed by atoms with van der Waals surface area (Å²) in [6, 6.07) is 3.51. The highest BCUT2D eigenvalue weighted by molar-refractivity contribution is 6.34. The Bertz CT molecular complexity index is 1080. The largest absolute Gasteiger partial charge is 0.416 e. The Labute approximate surface area is 181 Å². The molecule has 0 spiro atoms. The van der Waals surface area contributed by atoms with Gasteiger partial charge in [0.25, 0.3) is 5.91 Å². The van der Waals surface area contributed by atoms with Gasteiger partial charge in [0.1, 0.15) is 6.33 Å². The van der Waals surface area contributed by atoms with Crippen LogP contribution in [0.1, 0.15) is 17.5 Å². The van der Waals surface area contributed by atoms with Crippen LogP contribution in [0, 0.1) is 6.92 Å². The average molecular weight is 450 g/mol. The van der Waals surface area contributed by atoms with Gasteiger partial charge in [-0.05, 0) is 37.1 Å². The fraction of sp³-hybridized carbons (Fsp3) is 0.350. The molecule has 0 atom stereocenters. The van der Waals surface area contributed by atoms with Crippen LogP contribution in [0.2, 0.25) is 0 Å². The predicted octanol–water partition coefficient (Wildman–Crippen LogP) is 1.81. The first-order valence-electron chi connectivity index (χ1n) is 9.60. The lowest BCUT2D eigenvalue weighted by atomic mass is 10.1. The van der Waals surface area contributed by atoms with Gasteiger partial charge in [-0.15, -0.1) is 5.10 Å². The van der Waals surface area contributed by atoms with Gasteiger partial charge in [-0.3, -0.25) is 14.4 Å². The maximum atomic E-state index is 13.1. The van der Waals surface area contributed by atoms with E-state index in [1.54, 1.807) is 6.92 Å². The first-order valence-corrected chi connectivity index (χ1v) is 9.60. The Kier molecular flexibility index (Phi) is 6.32. The number of rotatable bonds is 3. The first-order chi connectivity index (χ1) is 15.0. The van der Waals surface area contributed by atoms with Gasteiger partial charge in [-0.25, -0.2) is 19.7 Å². The molecule has 0 N–H and O–H groups in total. The predicted molar refractivity (Wildman–Crippen MR) is 107 cm³/mol. The van der Waals surface area contributed by atoms with Crippen molar-refractivity contribution in [1.82, 2.24) is 29.7 Å². The van der Waals surface area contributed by atoms with Crippen molar-refractivity contribution >= 4 is 23.9 Å². The number of aryl methyl sites for hydroxylation is 1. The Balaban J connectivity index is 1.75. The average Bonchev–Trinajstić information content (AvgIpc) is 3.39. The minimum atomic E-state index is -4.50. The van der Waals surface area contributed by atoms with Gasteiger partial charge in [0.2, 0.25) is 0 Å². The van der Waals surface area contributed by atoms with E-state index in [9.17, 15) is 27.6 Å². The number of likely N-dealkylation sites (N-methyl/N-ethyl adjacent to an activating group) is 1. The van der Waals surface area contributed by atoms with Crippen LogP contribution in [-0.2, 0) is 20.6 Å². The Morgan fingerprint density at radius 3 is 2.44 bits per heavy atom. The molecule has 3 amide bonds. The van der Waals surface area contributed by atoms with E-state index < -0.39 is 29.5 Å². The zero-order chi connectivity index (χ0) is 23.6. The number of aromatic nitrogens is 3. The molecule has 9 nitrogen and oxygen atoms in total. The third-order valence-electron chi connectivity index (χ3n) is 4.65. The molecule has 170 valence electrons.